The van der Waals surface area contributed by atoms with E-state index in [2.05, 4.69) is 228 Å². The van der Waals surface area contributed by atoms with Crippen LogP contribution >= 0.6 is 0 Å². The van der Waals surface area contributed by atoms with Crippen molar-refractivity contribution in [3.05, 3.63) is 294 Å². The predicted octanol–water partition coefficient (Wildman–Crippen LogP) is 21.8. The first-order valence-electron chi connectivity index (χ1n) is 28.7. The fourth-order valence-corrected chi connectivity index (χ4v) is 14.9. The summed E-state index contributed by atoms with van der Waals surface area (Å²) in [6, 6.07) is 90.4. The van der Waals surface area contributed by atoms with E-state index >= 15 is 0 Å². The van der Waals surface area contributed by atoms with Crippen LogP contribution in [0.3, 0.4) is 0 Å². The molecule has 1 aliphatic heterocycles. The van der Waals surface area contributed by atoms with Gasteiger partial charge in [-0.3, -0.25) is 0 Å². The Balaban J connectivity index is 1.02. The molecule has 85 heavy (non-hydrogen) atoms. The molecular weight excluding hydrogens is 1060 g/mol. The molecule has 8 heteroatoms. The second-order valence-electron chi connectivity index (χ2n) is 22.5. The molecule has 0 amide bonds. The Morgan fingerprint density at radius 2 is 0.788 bits per heavy atom. The number of alkyl halides is 3. The second kappa shape index (κ2) is 17.4. The summed E-state index contributed by atoms with van der Waals surface area (Å²) in [6.45, 7) is 2.10. The maximum Gasteiger partial charge on any atom is 0.420 e. The normalized spacial score (nSPS) is 14.4. The minimum atomic E-state index is -4.64. The van der Waals surface area contributed by atoms with Gasteiger partial charge < -0.3 is 23.2 Å². The average Bonchev–Trinajstić information content (AvgIpc) is 1.54. The number of halogens is 3. The smallest absolute Gasteiger partial charge is 0.420 e. The minimum absolute atomic E-state index is 0.195. The van der Waals surface area contributed by atoms with E-state index in [0.29, 0.717) is 22.0 Å². The van der Waals surface area contributed by atoms with Crippen molar-refractivity contribution < 1.29 is 22.0 Å². The molecule has 1 spiro atoms. The first kappa shape index (κ1) is 47.8. The van der Waals surface area contributed by atoms with Crippen molar-refractivity contribution in [3.63, 3.8) is 0 Å². The van der Waals surface area contributed by atoms with Gasteiger partial charge in [0.1, 0.15) is 11.2 Å². The summed E-state index contributed by atoms with van der Waals surface area (Å²) >= 11 is 0. The van der Waals surface area contributed by atoms with Crippen LogP contribution in [0.15, 0.2) is 270 Å². The third-order valence-electron chi connectivity index (χ3n) is 18.3. The lowest BCUT2D eigenvalue weighted by Crippen LogP contribution is -2.34. The zero-order valence-electron chi connectivity index (χ0n) is 45.6. The van der Waals surface area contributed by atoms with Gasteiger partial charge in [-0.25, -0.2) is 0 Å². The largest absolute Gasteiger partial charge is 0.454 e. The number of fused-ring (bicyclic) bond motifs is 22. The van der Waals surface area contributed by atoms with Crippen molar-refractivity contribution in [2.45, 2.75) is 18.5 Å². The first-order chi connectivity index (χ1) is 41.8. The lowest BCUT2D eigenvalue weighted by Gasteiger charge is -2.40. The van der Waals surface area contributed by atoms with Crippen LogP contribution in [0.5, 0.6) is 0 Å². The van der Waals surface area contributed by atoms with Crippen LogP contribution in [0.25, 0.3) is 104 Å². The molecular formula is C77H46F3N3O2. The van der Waals surface area contributed by atoms with E-state index < -0.39 is 17.2 Å². The molecule has 16 aromatic rings. The van der Waals surface area contributed by atoms with E-state index in [4.69, 9.17) is 8.83 Å². The van der Waals surface area contributed by atoms with Gasteiger partial charge in [0.05, 0.1) is 50.4 Å². The Bertz CT molecular complexity index is 5520. The average molecular weight is 1100 g/mol. The predicted molar refractivity (Wildman–Crippen MR) is 340 cm³/mol. The third kappa shape index (κ3) is 6.37. The lowest BCUT2D eigenvalue weighted by atomic mass is 9.65. The molecule has 4 heterocycles. The fraction of sp³-hybridized carbons (Fsp3) is 0.0390. The van der Waals surface area contributed by atoms with Crippen LogP contribution < -0.4 is 9.80 Å². The van der Waals surface area contributed by atoms with E-state index in [1.54, 1.807) is 6.07 Å². The number of hydrogen-bond acceptors (Lipinski definition) is 4. The van der Waals surface area contributed by atoms with Crippen molar-refractivity contribution in [2.24, 2.45) is 0 Å². The minimum Gasteiger partial charge on any atom is -0.454 e. The number of rotatable bonds is 6. The fourth-order valence-electron chi connectivity index (χ4n) is 14.9. The SMILES string of the molecule is Cc1cccc2c1oc1c(N(c3ccccc3)c3cc4c(c5ccccc35)-c3c(cc(N(c5ccccc5)c5cccc6c5oc5c(C(F)(F)F)cccc56)c5ccccc35)C43c4ccccc4-n4c5ccccc5c5cccc3c54)cccc12. The van der Waals surface area contributed by atoms with E-state index in [1.807, 2.05) is 36.4 Å². The Kier molecular flexibility index (Phi) is 9.76. The number of benzene rings is 13. The molecule has 0 saturated carbocycles. The van der Waals surface area contributed by atoms with Crippen LogP contribution in [0.4, 0.5) is 47.3 Å². The molecule has 3 aromatic heterocycles. The number of para-hydroxylation sites is 9. The highest BCUT2D eigenvalue weighted by Gasteiger charge is 2.53. The summed E-state index contributed by atoms with van der Waals surface area (Å²) in [7, 11) is 0. The van der Waals surface area contributed by atoms with Gasteiger partial charge in [-0.05, 0) is 123 Å². The van der Waals surface area contributed by atoms with Crippen LogP contribution in [0.1, 0.15) is 33.4 Å². The van der Waals surface area contributed by atoms with Gasteiger partial charge in [-0.1, -0.05) is 194 Å². The molecule has 2 aliphatic rings. The maximum absolute atomic E-state index is 14.9. The molecule has 0 saturated heterocycles. The molecule has 1 aliphatic carbocycles. The Morgan fingerprint density at radius 1 is 0.353 bits per heavy atom. The first-order valence-corrected chi connectivity index (χ1v) is 28.7. The standard InChI is InChI=1S/C77H46F3N3O2/c1-45-21-16-32-54-56-34-19-41-65(74(56)84-72(45)54)81(46-22-4-2-5-23-46)67-43-61-69(51-29-10-8-26-48(51)67)70-52-30-11-9-27-49(52)68(82(47-24-6-3-7-25-47)66-42-20-35-57-55-33-18-38-60(77(78,79)80)73(55)85-75(57)66)44-62(70)76(61)58-36-13-15-40-64(58)83-63-39-14-12-28-50(63)53-31-17-37-59(76)71(53)83/h2-44H,1H3. The third-order valence-corrected chi connectivity index (χ3v) is 18.3. The molecule has 402 valence electrons. The topological polar surface area (TPSA) is 37.7 Å². The van der Waals surface area contributed by atoms with E-state index in [9.17, 15) is 13.2 Å². The highest BCUT2D eigenvalue weighted by atomic mass is 19.4. The van der Waals surface area contributed by atoms with E-state index in [1.165, 1.54) is 6.07 Å². The number of aryl methyl sites for hydroxylation is 1. The molecule has 0 N–H and O–H groups in total. The summed E-state index contributed by atoms with van der Waals surface area (Å²) in [5.74, 6) is 0. The number of furan rings is 2. The van der Waals surface area contributed by atoms with Gasteiger partial charge in [0.2, 0.25) is 0 Å². The van der Waals surface area contributed by atoms with Gasteiger partial charge >= 0.3 is 6.18 Å². The quantitative estimate of drug-likeness (QED) is 0.166. The van der Waals surface area contributed by atoms with Crippen molar-refractivity contribution in [2.75, 3.05) is 9.80 Å². The van der Waals surface area contributed by atoms with Gasteiger partial charge in [-0.2, -0.15) is 13.2 Å². The molecule has 5 nitrogen and oxygen atoms in total. The van der Waals surface area contributed by atoms with Crippen molar-refractivity contribution in [3.8, 4) is 16.8 Å². The summed E-state index contributed by atoms with van der Waals surface area (Å²) in [5.41, 5.74) is 16.2. The summed E-state index contributed by atoms with van der Waals surface area (Å²) < 4.78 is 61.0. The van der Waals surface area contributed by atoms with Crippen LogP contribution in [-0.2, 0) is 11.6 Å². The second-order valence-corrected chi connectivity index (χ2v) is 22.5. The number of hydrogen-bond donors (Lipinski definition) is 0. The zero-order valence-corrected chi connectivity index (χ0v) is 45.6. The summed E-state index contributed by atoms with van der Waals surface area (Å²) in [4.78, 5) is 4.59. The molecule has 0 fully saturated rings. The highest BCUT2D eigenvalue weighted by Crippen LogP contribution is 2.66. The molecule has 1 unspecified atom stereocenters. The van der Waals surface area contributed by atoms with Crippen molar-refractivity contribution >= 4 is 121 Å². The highest BCUT2D eigenvalue weighted by molar-refractivity contribution is 6.22. The summed E-state index contributed by atoms with van der Waals surface area (Å²) in [6.07, 6.45) is -4.64. The number of anilines is 6. The Morgan fingerprint density at radius 3 is 1.39 bits per heavy atom. The number of aromatic nitrogens is 1. The van der Waals surface area contributed by atoms with Crippen LogP contribution in [0, 0.1) is 6.92 Å². The van der Waals surface area contributed by atoms with Crippen LogP contribution in [0.2, 0.25) is 0 Å². The molecule has 13 aromatic carbocycles. The van der Waals surface area contributed by atoms with E-state index in [-0.39, 0.29) is 5.58 Å². The zero-order chi connectivity index (χ0) is 56.4. The monoisotopic (exact) mass is 1100 g/mol. The molecule has 18 rings (SSSR count). The molecule has 0 radical (unpaired) electrons. The van der Waals surface area contributed by atoms with Gasteiger partial charge in [0.25, 0.3) is 0 Å². The van der Waals surface area contributed by atoms with E-state index in [0.717, 1.165) is 144 Å². The lowest BCUT2D eigenvalue weighted by molar-refractivity contribution is -0.136. The Hall–Kier alpha value is -10.8. The van der Waals surface area contributed by atoms with Crippen molar-refractivity contribution in [1.82, 2.24) is 4.57 Å². The van der Waals surface area contributed by atoms with Gasteiger partial charge in [0.15, 0.2) is 11.2 Å². The number of nitrogens with zero attached hydrogens (tertiary/aromatic N) is 3. The van der Waals surface area contributed by atoms with Gasteiger partial charge in [0, 0.05) is 54.5 Å². The van der Waals surface area contributed by atoms with Crippen LogP contribution in [-0.4, -0.2) is 4.57 Å². The van der Waals surface area contributed by atoms with Gasteiger partial charge in [-0.15, -0.1) is 0 Å². The van der Waals surface area contributed by atoms with Crippen molar-refractivity contribution in [1.29, 1.82) is 0 Å². The summed E-state index contributed by atoms with van der Waals surface area (Å²) in [5, 5.41) is 9.53. The maximum atomic E-state index is 14.9. The Labute approximate surface area is 484 Å². The molecule has 1 atom stereocenters. The molecule has 0 bridgehead atoms.